The van der Waals surface area contributed by atoms with Crippen molar-refractivity contribution in [2.75, 3.05) is 5.01 Å². The van der Waals surface area contributed by atoms with Gasteiger partial charge >= 0.3 is 0 Å². The largest absolute Gasteiger partial charge is 0.457 e. The van der Waals surface area contributed by atoms with Gasteiger partial charge in [-0.05, 0) is 48.5 Å². The van der Waals surface area contributed by atoms with E-state index >= 15 is 0 Å². The zero-order valence-electron chi connectivity index (χ0n) is 14.1. The van der Waals surface area contributed by atoms with E-state index in [9.17, 15) is 18.4 Å². The van der Waals surface area contributed by atoms with Gasteiger partial charge in [-0.1, -0.05) is 17.7 Å². The van der Waals surface area contributed by atoms with Crippen molar-refractivity contribution >= 4 is 35.2 Å². The van der Waals surface area contributed by atoms with Crippen LogP contribution in [0.5, 0.6) is 0 Å². The molecule has 1 aromatic heterocycles. The van der Waals surface area contributed by atoms with Crippen molar-refractivity contribution in [3.63, 3.8) is 0 Å². The standard InChI is InChI=1S/C20H11ClF2N2O3/c21-11-2-1-3-13(8-11)25-20(27)16(19(26)24-25)10-14-5-7-18(28-14)15-6-4-12(22)9-17(15)23/h1-10H,(H,24,26)/b16-10-. The summed E-state index contributed by atoms with van der Waals surface area (Å²) in [5, 5.41) is 1.48. The topological polar surface area (TPSA) is 62.6 Å². The number of halogens is 3. The average Bonchev–Trinajstić information content (AvgIpc) is 3.22. The average molecular weight is 401 g/mol. The molecular weight excluding hydrogens is 390 g/mol. The lowest BCUT2D eigenvalue weighted by Gasteiger charge is -2.14. The van der Waals surface area contributed by atoms with Crippen LogP contribution in [0.2, 0.25) is 5.02 Å². The van der Waals surface area contributed by atoms with Gasteiger partial charge in [0.25, 0.3) is 11.8 Å². The summed E-state index contributed by atoms with van der Waals surface area (Å²) < 4.78 is 32.4. The van der Waals surface area contributed by atoms with Crippen LogP contribution in [-0.2, 0) is 9.59 Å². The number of hydrazine groups is 1. The first kappa shape index (κ1) is 17.9. The first-order valence-electron chi connectivity index (χ1n) is 8.10. The molecule has 1 aliphatic rings. The van der Waals surface area contributed by atoms with Crippen LogP contribution in [-0.4, -0.2) is 11.8 Å². The Balaban J connectivity index is 1.63. The first-order chi connectivity index (χ1) is 13.4. The lowest BCUT2D eigenvalue weighted by molar-refractivity contribution is -0.117. The molecular formula is C20H11ClF2N2O3. The Hall–Kier alpha value is -3.45. The van der Waals surface area contributed by atoms with Crippen molar-refractivity contribution in [3.05, 3.63) is 82.6 Å². The van der Waals surface area contributed by atoms with E-state index in [0.29, 0.717) is 10.7 Å². The van der Waals surface area contributed by atoms with Crippen molar-refractivity contribution in [3.8, 4) is 11.3 Å². The summed E-state index contributed by atoms with van der Waals surface area (Å²) in [5.41, 5.74) is 2.76. The van der Waals surface area contributed by atoms with Crippen LogP contribution in [0.1, 0.15) is 5.76 Å². The molecule has 0 aliphatic carbocycles. The maximum Gasteiger partial charge on any atom is 0.282 e. The van der Waals surface area contributed by atoms with E-state index in [1.807, 2.05) is 0 Å². The van der Waals surface area contributed by atoms with Crippen LogP contribution < -0.4 is 10.4 Å². The number of rotatable bonds is 3. The molecule has 4 rings (SSSR count). The Morgan fingerprint density at radius 3 is 2.61 bits per heavy atom. The van der Waals surface area contributed by atoms with Gasteiger partial charge in [-0.2, -0.15) is 0 Å². The van der Waals surface area contributed by atoms with Crippen molar-refractivity contribution in [2.45, 2.75) is 0 Å². The fraction of sp³-hybridized carbons (Fsp3) is 0. The highest BCUT2D eigenvalue weighted by Gasteiger charge is 2.34. The lowest BCUT2D eigenvalue weighted by Crippen LogP contribution is -2.35. The quantitative estimate of drug-likeness (QED) is 0.525. The molecule has 1 fully saturated rings. The second-order valence-corrected chi connectivity index (χ2v) is 6.38. The predicted octanol–water partition coefficient (Wildman–Crippen LogP) is 4.34. The SMILES string of the molecule is O=C1NN(c2cccc(Cl)c2)C(=O)/C1=C\c1ccc(-c2ccc(F)cc2F)o1. The summed E-state index contributed by atoms with van der Waals surface area (Å²) in [4.78, 5) is 24.8. The van der Waals surface area contributed by atoms with E-state index in [-0.39, 0.29) is 22.7 Å². The molecule has 0 radical (unpaired) electrons. The third-order valence-electron chi connectivity index (χ3n) is 4.07. The van der Waals surface area contributed by atoms with E-state index in [0.717, 1.165) is 17.1 Å². The molecule has 0 unspecified atom stereocenters. The molecule has 8 heteroatoms. The zero-order chi connectivity index (χ0) is 19.8. The number of nitrogens with zero attached hydrogens (tertiary/aromatic N) is 1. The summed E-state index contributed by atoms with van der Waals surface area (Å²) in [6.45, 7) is 0. The molecule has 0 atom stereocenters. The Bertz CT molecular complexity index is 1140. The van der Waals surface area contributed by atoms with E-state index in [1.54, 1.807) is 18.2 Å². The molecule has 28 heavy (non-hydrogen) atoms. The monoisotopic (exact) mass is 400 g/mol. The van der Waals surface area contributed by atoms with Crippen molar-refractivity contribution in [2.24, 2.45) is 0 Å². The van der Waals surface area contributed by atoms with Gasteiger partial charge in [-0.3, -0.25) is 15.0 Å². The van der Waals surface area contributed by atoms with Crippen molar-refractivity contribution < 1.29 is 22.8 Å². The van der Waals surface area contributed by atoms with Crippen LogP contribution in [0.15, 0.2) is 64.6 Å². The molecule has 0 spiro atoms. The van der Waals surface area contributed by atoms with Gasteiger partial charge in [0.1, 0.15) is 28.7 Å². The number of benzene rings is 2. The van der Waals surface area contributed by atoms with Gasteiger partial charge in [-0.15, -0.1) is 0 Å². The number of furan rings is 1. The zero-order valence-corrected chi connectivity index (χ0v) is 14.8. The maximum atomic E-state index is 13.9. The van der Waals surface area contributed by atoms with Crippen molar-refractivity contribution in [1.29, 1.82) is 0 Å². The van der Waals surface area contributed by atoms with Crippen LogP contribution in [0.3, 0.4) is 0 Å². The fourth-order valence-corrected chi connectivity index (χ4v) is 2.95. The van der Waals surface area contributed by atoms with Crippen LogP contribution in [0.25, 0.3) is 17.4 Å². The van der Waals surface area contributed by atoms with Gasteiger partial charge in [-0.25, -0.2) is 13.8 Å². The predicted molar refractivity (Wildman–Crippen MR) is 99.1 cm³/mol. The summed E-state index contributed by atoms with van der Waals surface area (Å²) in [6, 6.07) is 12.5. The summed E-state index contributed by atoms with van der Waals surface area (Å²) in [7, 11) is 0. The highest BCUT2D eigenvalue weighted by atomic mass is 35.5. The second-order valence-electron chi connectivity index (χ2n) is 5.95. The lowest BCUT2D eigenvalue weighted by atomic mass is 10.1. The maximum absolute atomic E-state index is 13.9. The molecule has 3 aromatic rings. The summed E-state index contributed by atoms with van der Waals surface area (Å²) in [6.07, 6.45) is 1.26. The van der Waals surface area contributed by atoms with E-state index in [2.05, 4.69) is 5.43 Å². The number of carbonyl (C=O) groups is 2. The van der Waals surface area contributed by atoms with Gasteiger partial charge < -0.3 is 4.42 Å². The first-order valence-corrected chi connectivity index (χ1v) is 8.48. The summed E-state index contributed by atoms with van der Waals surface area (Å²) >= 11 is 5.92. The molecule has 0 bridgehead atoms. The molecule has 2 heterocycles. The number of hydrogen-bond acceptors (Lipinski definition) is 3. The van der Waals surface area contributed by atoms with E-state index < -0.39 is 23.4 Å². The summed E-state index contributed by atoms with van der Waals surface area (Å²) in [5.74, 6) is -2.37. The van der Waals surface area contributed by atoms with Gasteiger partial charge in [0, 0.05) is 11.1 Å². The number of nitrogens with one attached hydrogen (secondary N) is 1. The highest BCUT2D eigenvalue weighted by Crippen LogP contribution is 2.28. The van der Waals surface area contributed by atoms with Gasteiger partial charge in [0.15, 0.2) is 0 Å². The fourth-order valence-electron chi connectivity index (χ4n) is 2.76. The minimum atomic E-state index is -0.782. The Kier molecular flexibility index (Phi) is 4.44. The van der Waals surface area contributed by atoms with E-state index in [1.165, 1.54) is 30.3 Å². The van der Waals surface area contributed by atoms with Crippen LogP contribution >= 0.6 is 11.6 Å². The Labute approximate surface area is 162 Å². The molecule has 2 amide bonds. The molecule has 140 valence electrons. The molecule has 1 saturated heterocycles. The van der Waals surface area contributed by atoms with E-state index in [4.69, 9.17) is 16.0 Å². The molecule has 0 saturated carbocycles. The Morgan fingerprint density at radius 2 is 1.86 bits per heavy atom. The van der Waals surface area contributed by atoms with Crippen LogP contribution in [0, 0.1) is 11.6 Å². The minimum Gasteiger partial charge on any atom is -0.457 e. The smallest absolute Gasteiger partial charge is 0.282 e. The molecule has 1 aliphatic heterocycles. The van der Waals surface area contributed by atoms with Crippen LogP contribution in [0.4, 0.5) is 14.5 Å². The number of anilines is 1. The third-order valence-corrected chi connectivity index (χ3v) is 4.30. The molecule has 2 aromatic carbocycles. The third kappa shape index (κ3) is 3.27. The Morgan fingerprint density at radius 1 is 1.04 bits per heavy atom. The normalized spacial score (nSPS) is 15.4. The molecule has 1 N–H and O–H groups in total. The van der Waals surface area contributed by atoms with Crippen molar-refractivity contribution in [1.82, 2.24) is 5.43 Å². The minimum absolute atomic E-state index is 0.0637. The second kappa shape index (κ2) is 6.94. The number of amides is 2. The van der Waals surface area contributed by atoms with Gasteiger partial charge in [0.2, 0.25) is 0 Å². The highest BCUT2D eigenvalue weighted by molar-refractivity contribution is 6.33. The van der Waals surface area contributed by atoms with Gasteiger partial charge in [0.05, 0.1) is 11.3 Å². The number of hydrogen-bond donors (Lipinski definition) is 1. The number of carbonyl (C=O) groups excluding carboxylic acids is 2. The molecule has 5 nitrogen and oxygen atoms in total.